The van der Waals surface area contributed by atoms with Crippen molar-refractivity contribution in [2.24, 2.45) is 0 Å². The number of imidazole rings is 1. The zero-order valence-corrected chi connectivity index (χ0v) is 24.9. The molecular formula is C29H25Cl2N9O4. The van der Waals surface area contributed by atoms with E-state index in [0.29, 0.717) is 51.3 Å². The van der Waals surface area contributed by atoms with Gasteiger partial charge in [-0.25, -0.2) is 14.8 Å². The van der Waals surface area contributed by atoms with Gasteiger partial charge < -0.3 is 19.8 Å². The number of ether oxygens (including phenoxy) is 2. The molecule has 15 heteroatoms. The lowest BCUT2D eigenvalue weighted by molar-refractivity contribution is -0.117. The van der Waals surface area contributed by atoms with Crippen LogP contribution in [-0.2, 0) is 16.0 Å². The van der Waals surface area contributed by atoms with E-state index in [4.69, 9.17) is 32.9 Å². The summed E-state index contributed by atoms with van der Waals surface area (Å²) in [4.78, 5) is 36.9. The fourth-order valence-corrected chi connectivity index (χ4v) is 4.66. The Hall–Kier alpha value is -5.27. The molecule has 5 rings (SSSR count). The van der Waals surface area contributed by atoms with Crippen LogP contribution in [0, 0.1) is 0 Å². The zero-order valence-electron chi connectivity index (χ0n) is 23.4. The molecule has 2 amide bonds. The molecule has 0 spiro atoms. The minimum Gasteiger partial charge on any atom is -0.481 e. The third-order valence-corrected chi connectivity index (χ3v) is 6.87. The Morgan fingerprint density at radius 2 is 1.91 bits per heavy atom. The highest BCUT2D eigenvalue weighted by atomic mass is 35.5. The molecule has 1 atom stereocenters. The van der Waals surface area contributed by atoms with E-state index in [1.807, 2.05) is 6.07 Å². The number of nitrogens with zero attached hydrogens (tertiary/aromatic N) is 6. The fourth-order valence-electron chi connectivity index (χ4n) is 4.23. The lowest BCUT2D eigenvalue weighted by atomic mass is 10.1. The van der Waals surface area contributed by atoms with E-state index in [2.05, 4.69) is 40.9 Å². The van der Waals surface area contributed by atoms with Gasteiger partial charge in [0.1, 0.15) is 23.0 Å². The average Bonchev–Trinajstić information content (AvgIpc) is 3.71. The number of rotatable bonds is 10. The molecule has 3 heterocycles. The number of halogens is 2. The summed E-state index contributed by atoms with van der Waals surface area (Å²) < 4.78 is 11.3. The highest BCUT2D eigenvalue weighted by molar-refractivity contribution is 6.32. The van der Waals surface area contributed by atoms with Crippen molar-refractivity contribution < 1.29 is 19.1 Å². The number of nitrogens with one attached hydrogen (secondary N) is 3. The molecule has 3 N–H and O–H groups in total. The first-order chi connectivity index (χ1) is 21.3. The molecule has 0 aliphatic heterocycles. The van der Waals surface area contributed by atoms with Crippen LogP contribution < -0.4 is 15.4 Å². The van der Waals surface area contributed by atoms with Gasteiger partial charge in [-0.05, 0) is 52.4 Å². The van der Waals surface area contributed by atoms with Crippen LogP contribution in [0.15, 0.2) is 73.2 Å². The number of hydrogen-bond acceptors (Lipinski definition) is 9. The van der Waals surface area contributed by atoms with Gasteiger partial charge >= 0.3 is 6.09 Å². The number of anilines is 1. The van der Waals surface area contributed by atoms with Crippen LogP contribution in [0.1, 0.15) is 23.0 Å². The quantitative estimate of drug-likeness (QED) is 0.179. The number of carbonyl (C=O) groups is 2. The number of hydrogen-bond donors (Lipinski definition) is 3. The van der Waals surface area contributed by atoms with Crippen molar-refractivity contribution in [3.8, 4) is 22.8 Å². The number of pyridine rings is 1. The molecule has 5 aromatic rings. The van der Waals surface area contributed by atoms with Gasteiger partial charge in [0.25, 0.3) is 0 Å². The van der Waals surface area contributed by atoms with Gasteiger partial charge in [-0.15, -0.1) is 5.10 Å². The van der Waals surface area contributed by atoms with Gasteiger partial charge in [0.05, 0.1) is 25.9 Å². The van der Waals surface area contributed by atoms with Crippen molar-refractivity contribution in [1.82, 2.24) is 40.5 Å². The first-order valence-corrected chi connectivity index (χ1v) is 13.8. The lowest BCUT2D eigenvalue weighted by Crippen LogP contribution is -2.29. The van der Waals surface area contributed by atoms with E-state index in [1.165, 1.54) is 31.3 Å². The summed E-state index contributed by atoms with van der Waals surface area (Å²) in [5.41, 5.74) is 3.80. The molecule has 0 aliphatic carbocycles. The monoisotopic (exact) mass is 633 g/mol. The number of carbonyl (C=O) groups excluding carboxylic acids is 2. The van der Waals surface area contributed by atoms with Crippen molar-refractivity contribution in [3.63, 3.8) is 0 Å². The largest absolute Gasteiger partial charge is 0.481 e. The molecule has 0 aliphatic rings. The highest BCUT2D eigenvalue weighted by Crippen LogP contribution is 2.30. The summed E-state index contributed by atoms with van der Waals surface area (Å²) in [7, 11) is 2.82. The summed E-state index contributed by atoms with van der Waals surface area (Å²) in [6, 6.07) is 15.0. The number of methoxy groups -OCH3 is 2. The van der Waals surface area contributed by atoms with Crippen LogP contribution in [0.5, 0.6) is 5.88 Å². The summed E-state index contributed by atoms with van der Waals surface area (Å²) in [5, 5.41) is 17.6. The lowest BCUT2D eigenvalue weighted by Gasteiger charge is -2.16. The number of aromatic nitrogens is 7. The Labute approximate surface area is 261 Å². The van der Waals surface area contributed by atoms with E-state index in [-0.39, 0.29) is 5.15 Å². The van der Waals surface area contributed by atoms with E-state index >= 15 is 0 Å². The van der Waals surface area contributed by atoms with Crippen molar-refractivity contribution in [1.29, 1.82) is 0 Å². The number of aromatic amines is 1. The maximum atomic E-state index is 13.3. The molecule has 0 fully saturated rings. The van der Waals surface area contributed by atoms with Gasteiger partial charge in [-0.1, -0.05) is 41.4 Å². The zero-order chi connectivity index (χ0) is 31.1. The normalized spacial score (nSPS) is 11.7. The van der Waals surface area contributed by atoms with Crippen LogP contribution in [0.4, 0.5) is 10.5 Å². The highest BCUT2D eigenvalue weighted by Gasteiger charge is 2.21. The molecule has 0 bridgehead atoms. The Morgan fingerprint density at radius 1 is 1.09 bits per heavy atom. The van der Waals surface area contributed by atoms with Crippen LogP contribution in [0.2, 0.25) is 10.2 Å². The smallest absolute Gasteiger partial charge is 0.411 e. The Kier molecular flexibility index (Phi) is 9.47. The molecule has 0 saturated carbocycles. The summed E-state index contributed by atoms with van der Waals surface area (Å²) in [6.45, 7) is 0. The summed E-state index contributed by atoms with van der Waals surface area (Å²) >= 11 is 12.8. The van der Waals surface area contributed by atoms with Gasteiger partial charge in [-0.3, -0.25) is 10.1 Å². The van der Waals surface area contributed by atoms with Gasteiger partial charge in [0, 0.05) is 46.6 Å². The van der Waals surface area contributed by atoms with Crippen molar-refractivity contribution >= 4 is 47.0 Å². The van der Waals surface area contributed by atoms with Crippen LogP contribution in [0.3, 0.4) is 0 Å². The molecule has 0 saturated heterocycles. The number of amides is 2. The second-order valence-corrected chi connectivity index (χ2v) is 10.1. The fraction of sp³-hybridized carbons (Fsp3) is 0.138. The van der Waals surface area contributed by atoms with Crippen LogP contribution in [0.25, 0.3) is 23.0 Å². The first kappa shape index (κ1) is 30.2. The topological polar surface area (TPSA) is 162 Å². The minimum atomic E-state index is -0.618. The number of tetrazole rings is 1. The third kappa shape index (κ3) is 7.38. The second-order valence-electron chi connectivity index (χ2n) is 9.24. The van der Waals surface area contributed by atoms with E-state index in [1.54, 1.807) is 60.8 Å². The third-order valence-electron chi connectivity index (χ3n) is 6.36. The molecule has 2 aromatic carbocycles. The van der Waals surface area contributed by atoms with Crippen molar-refractivity contribution in [2.75, 3.05) is 19.5 Å². The Morgan fingerprint density at radius 3 is 2.59 bits per heavy atom. The predicted molar refractivity (Wildman–Crippen MR) is 164 cm³/mol. The standard InChI is InChI=1S/C29H25Cl2N9O4/c1-43-25-12-3-17(15-32-25)13-22(28-36-26(27(31)37-28)18-4-8-21(9-5-18)34-29(42)44-2)35-24(41)11-6-19-14-20(30)7-10-23(19)40-16-33-38-39-40/h3-12,14-16,22H,13H2,1-2H3,(H,34,42)(H,35,41)(H,36,37)/t22-/m0/s1. The van der Waals surface area contributed by atoms with E-state index in [0.717, 1.165) is 5.56 Å². The number of benzene rings is 2. The van der Waals surface area contributed by atoms with E-state index in [9.17, 15) is 9.59 Å². The molecule has 224 valence electrons. The van der Waals surface area contributed by atoms with Crippen molar-refractivity contribution in [3.05, 3.63) is 100 Å². The molecule has 0 unspecified atom stereocenters. The Bertz CT molecular complexity index is 1770. The first-order valence-electron chi connectivity index (χ1n) is 13.0. The van der Waals surface area contributed by atoms with Crippen molar-refractivity contribution in [2.45, 2.75) is 12.5 Å². The predicted octanol–water partition coefficient (Wildman–Crippen LogP) is 5.05. The molecule has 0 radical (unpaired) electrons. The molecular weight excluding hydrogens is 609 g/mol. The molecule has 3 aromatic heterocycles. The number of H-pyrrole nitrogens is 1. The van der Waals surface area contributed by atoms with Crippen LogP contribution in [-0.4, -0.2) is 61.4 Å². The summed E-state index contributed by atoms with van der Waals surface area (Å²) in [6.07, 6.45) is 5.87. The maximum absolute atomic E-state index is 13.3. The maximum Gasteiger partial charge on any atom is 0.411 e. The minimum absolute atomic E-state index is 0.279. The second kappa shape index (κ2) is 13.8. The Balaban J connectivity index is 1.41. The SMILES string of the molecule is COC(=O)Nc1ccc(-c2nc([C@H](Cc3ccc(OC)nc3)NC(=O)C=Cc3cc(Cl)ccc3-n3cnnn3)[nH]c2Cl)cc1. The summed E-state index contributed by atoms with van der Waals surface area (Å²) in [5.74, 6) is 0.494. The van der Waals surface area contributed by atoms with Gasteiger partial charge in [0.15, 0.2) is 0 Å². The van der Waals surface area contributed by atoms with E-state index < -0.39 is 18.0 Å². The molecule has 13 nitrogen and oxygen atoms in total. The van der Waals surface area contributed by atoms with Gasteiger partial charge in [-0.2, -0.15) is 4.68 Å². The average molecular weight is 634 g/mol. The molecule has 44 heavy (non-hydrogen) atoms. The van der Waals surface area contributed by atoms with Gasteiger partial charge in [0.2, 0.25) is 11.8 Å². The van der Waals surface area contributed by atoms with Crippen LogP contribution >= 0.6 is 23.2 Å².